The molecule has 0 saturated carbocycles. The summed E-state index contributed by atoms with van der Waals surface area (Å²) in [6, 6.07) is 1.29. The van der Waals surface area contributed by atoms with Gasteiger partial charge in [0.25, 0.3) is 0 Å². The highest BCUT2D eigenvalue weighted by Gasteiger charge is 2.35. The van der Waals surface area contributed by atoms with Crippen molar-refractivity contribution in [3.8, 4) is 0 Å². The Morgan fingerprint density at radius 2 is 2.24 bits per heavy atom. The molecule has 0 amide bonds. The molecule has 1 aliphatic heterocycles. The Bertz CT molecular complexity index is 495. The van der Waals surface area contributed by atoms with E-state index in [2.05, 4.69) is 15.9 Å². The van der Waals surface area contributed by atoms with Gasteiger partial charge in [-0.05, 0) is 34.8 Å². The predicted molar refractivity (Wildman–Crippen MR) is 75.4 cm³/mol. The molecule has 1 aliphatic rings. The third-order valence-electron chi connectivity index (χ3n) is 3.02. The molecule has 96 valence electrons. The van der Waals surface area contributed by atoms with Gasteiger partial charge >= 0.3 is 0 Å². The zero-order valence-electron chi connectivity index (χ0n) is 9.03. The maximum absolute atomic E-state index is 12.0. The van der Waals surface area contributed by atoms with Crippen LogP contribution in [0, 0.1) is 0 Å². The number of sulfone groups is 1. The molecule has 2 unspecified atom stereocenters. The Kier molecular flexibility index (Phi) is 4.20. The molecule has 3 nitrogen and oxygen atoms in total. The van der Waals surface area contributed by atoms with E-state index in [-0.39, 0.29) is 5.75 Å². The van der Waals surface area contributed by atoms with E-state index in [9.17, 15) is 8.42 Å². The molecule has 2 atom stereocenters. The number of rotatable bonds is 2. The van der Waals surface area contributed by atoms with E-state index < -0.39 is 21.1 Å². The SMILES string of the molecule is NC(c1cc(Cl)c(Br)s1)C1CCCCS1(=O)=O. The average molecular weight is 359 g/mol. The van der Waals surface area contributed by atoms with Gasteiger partial charge in [0.1, 0.15) is 0 Å². The van der Waals surface area contributed by atoms with Crippen LogP contribution >= 0.6 is 38.9 Å². The van der Waals surface area contributed by atoms with E-state index in [1.54, 1.807) is 6.07 Å². The number of hydrogen-bond donors (Lipinski definition) is 1. The number of nitrogens with two attached hydrogens (primary N) is 1. The molecule has 1 aromatic rings. The first-order chi connectivity index (χ1) is 7.92. The van der Waals surface area contributed by atoms with Crippen LogP contribution in [-0.2, 0) is 9.84 Å². The fourth-order valence-electron chi connectivity index (χ4n) is 2.09. The monoisotopic (exact) mass is 357 g/mol. The molecule has 17 heavy (non-hydrogen) atoms. The van der Waals surface area contributed by atoms with Gasteiger partial charge in [-0.1, -0.05) is 18.0 Å². The lowest BCUT2D eigenvalue weighted by atomic mass is 10.1. The largest absolute Gasteiger partial charge is 0.322 e. The van der Waals surface area contributed by atoms with Gasteiger partial charge in [-0.3, -0.25) is 0 Å². The molecule has 2 N–H and O–H groups in total. The Morgan fingerprint density at radius 3 is 2.76 bits per heavy atom. The predicted octanol–water partition coefficient (Wildman–Crippen LogP) is 3.13. The Labute approximate surface area is 118 Å². The topological polar surface area (TPSA) is 60.2 Å². The zero-order chi connectivity index (χ0) is 12.6. The summed E-state index contributed by atoms with van der Waals surface area (Å²) in [6.07, 6.45) is 2.33. The maximum atomic E-state index is 12.0. The van der Waals surface area contributed by atoms with Gasteiger partial charge in [0.05, 0.1) is 25.9 Å². The first-order valence-corrected chi connectivity index (χ1v) is 9.04. The molecule has 0 bridgehead atoms. The molecule has 2 heterocycles. The van der Waals surface area contributed by atoms with Gasteiger partial charge < -0.3 is 5.73 Å². The van der Waals surface area contributed by atoms with E-state index in [4.69, 9.17) is 17.3 Å². The van der Waals surface area contributed by atoms with Crippen LogP contribution in [0.4, 0.5) is 0 Å². The van der Waals surface area contributed by atoms with Gasteiger partial charge in [-0.2, -0.15) is 0 Å². The van der Waals surface area contributed by atoms with Crippen molar-refractivity contribution in [1.82, 2.24) is 0 Å². The zero-order valence-corrected chi connectivity index (χ0v) is 13.0. The number of hydrogen-bond acceptors (Lipinski definition) is 4. The molecule has 0 aromatic carbocycles. The van der Waals surface area contributed by atoms with E-state index in [1.165, 1.54) is 11.3 Å². The van der Waals surface area contributed by atoms with E-state index in [1.807, 2.05) is 0 Å². The summed E-state index contributed by atoms with van der Waals surface area (Å²) >= 11 is 10.7. The summed E-state index contributed by atoms with van der Waals surface area (Å²) in [6.45, 7) is 0. The minimum absolute atomic E-state index is 0.256. The van der Waals surface area contributed by atoms with Crippen molar-refractivity contribution in [2.24, 2.45) is 5.73 Å². The lowest BCUT2D eigenvalue weighted by Gasteiger charge is -2.26. The molecule has 2 rings (SSSR count). The van der Waals surface area contributed by atoms with Crippen molar-refractivity contribution in [3.63, 3.8) is 0 Å². The van der Waals surface area contributed by atoms with Gasteiger partial charge in [-0.15, -0.1) is 11.3 Å². The fraction of sp³-hybridized carbons (Fsp3) is 0.600. The first kappa shape index (κ1) is 13.8. The van der Waals surface area contributed by atoms with Gasteiger partial charge in [0.15, 0.2) is 9.84 Å². The molecule has 1 fully saturated rings. The average Bonchev–Trinajstić information content (AvgIpc) is 2.58. The maximum Gasteiger partial charge on any atom is 0.155 e. The normalized spacial score (nSPS) is 25.7. The fourth-order valence-corrected chi connectivity index (χ4v) is 6.02. The van der Waals surface area contributed by atoms with Crippen LogP contribution in [0.3, 0.4) is 0 Å². The molecular formula is C10H13BrClNO2S2. The lowest BCUT2D eigenvalue weighted by Crippen LogP contribution is -2.37. The number of halogens is 2. The first-order valence-electron chi connectivity index (χ1n) is 5.33. The van der Waals surface area contributed by atoms with Crippen molar-refractivity contribution in [2.45, 2.75) is 30.6 Å². The van der Waals surface area contributed by atoms with Crippen LogP contribution in [0.5, 0.6) is 0 Å². The van der Waals surface area contributed by atoms with Crippen molar-refractivity contribution in [1.29, 1.82) is 0 Å². The van der Waals surface area contributed by atoms with Crippen LogP contribution in [0.15, 0.2) is 9.85 Å². The van der Waals surface area contributed by atoms with Crippen molar-refractivity contribution < 1.29 is 8.42 Å². The summed E-state index contributed by atoms with van der Waals surface area (Å²) < 4.78 is 24.7. The van der Waals surface area contributed by atoms with E-state index >= 15 is 0 Å². The minimum atomic E-state index is -3.05. The second-order valence-corrected chi connectivity index (χ2v) is 9.35. The second-order valence-electron chi connectivity index (χ2n) is 4.20. The minimum Gasteiger partial charge on any atom is -0.322 e. The third kappa shape index (κ3) is 2.87. The molecule has 1 saturated heterocycles. The van der Waals surface area contributed by atoms with E-state index in [0.29, 0.717) is 11.4 Å². The van der Waals surface area contributed by atoms with E-state index in [0.717, 1.165) is 21.5 Å². The van der Waals surface area contributed by atoms with Gasteiger partial charge in [-0.25, -0.2) is 8.42 Å². The Morgan fingerprint density at radius 1 is 1.53 bits per heavy atom. The molecular weight excluding hydrogens is 346 g/mol. The summed E-state index contributed by atoms with van der Waals surface area (Å²) in [4.78, 5) is 0.831. The van der Waals surface area contributed by atoms with Gasteiger partial charge in [0, 0.05) is 4.88 Å². The van der Waals surface area contributed by atoms with Crippen molar-refractivity contribution in [3.05, 3.63) is 19.8 Å². The highest BCUT2D eigenvalue weighted by Crippen LogP contribution is 2.38. The Hall–Kier alpha value is 0.380. The van der Waals surface area contributed by atoms with Crippen LogP contribution in [0.25, 0.3) is 0 Å². The summed E-state index contributed by atoms with van der Waals surface area (Å²) in [5.74, 6) is 0.256. The number of thiophene rings is 1. The van der Waals surface area contributed by atoms with Crippen LogP contribution in [0.2, 0.25) is 5.02 Å². The Balaban J connectivity index is 2.27. The van der Waals surface area contributed by atoms with Crippen LogP contribution in [-0.4, -0.2) is 19.4 Å². The summed E-state index contributed by atoms with van der Waals surface area (Å²) in [5, 5.41) is 0.131. The molecule has 1 aromatic heterocycles. The molecule has 0 spiro atoms. The van der Waals surface area contributed by atoms with Gasteiger partial charge in [0.2, 0.25) is 0 Å². The van der Waals surface area contributed by atoms with Crippen molar-refractivity contribution >= 4 is 48.7 Å². The molecule has 0 radical (unpaired) electrons. The highest BCUT2D eigenvalue weighted by atomic mass is 79.9. The lowest BCUT2D eigenvalue weighted by molar-refractivity contribution is 0.507. The van der Waals surface area contributed by atoms with Crippen LogP contribution in [0.1, 0.15) is 30.2 Å². The highest BCUT2D eigenvalue weighted by molar-refractivity contribution is 9.11. The molecule has 0 aliphatic carbocycles. The third-order valence-corrected chi connectivity index (χ3v) is 7.91. The smallest absolute Gasteiger partial charge is 0.155 e. The summed E-state index contributed by atoms with van der Waals surface area (Å²) in [5.41, 5.74) is 6.08. The second kappa shape index (κ2) is 5.17. The standard InChI is InChI=1S/C10H13BrClNO2S2/c11-10-6(12)5-7(16-10)9(13)8-3-1-2-4-17(8,14)15/h5,8-9H,1-4,13H2. The van der Waals surface area contributed by atoms with Crippen LogP contribution < -0.4 is 5.73 Å². The summed E-state index contributed by atoms with van der Waals surface area (Å²) in [7, 11) is -3.05. The quantitative estimate of drug-likeness (QED) is 0.883. The molecule has 7 heteroatoms. The van der Waals surface area contributed by atoms with Crippen molar-refractivity contribution in [2.75, 3.05) is 5.75 Å².